The van der Waals surface area contributed by atoms with E-state index in [0.29, 0.717) is 35.5 Å². The first-order valence-corrected chi connectivity index (χ1v) is 10.2. The van der Waals surface area contributed by atoms with Crippen molar-refractivity contribution in [3.05, 3.63) is 89.7 Å². The number of carbonyl (C=O) groups excluding carboxylic acids is 3. The predicted octanol–water partition coefficient (Wildman–Crippen LogP) is 2.84. The molecule has 0 unspecified atom stereocenters. The average molecular weight is 412 g/mol. The number of fused-ring (bicyclic) bond motifs is 1. The summed E-state index contributed by atoms with van der Waals surface area (Å²) in [5, 5.41) is 0. The molecule has 7 heteroatoms. The Labute approximate surface area is 179 Å². The van der Waals surface area contributed by atoms with Gasteiger partial charge in [-0.15, -0.1) is 0 Å². The fourth-order valence-corrected chi connectivity index (χ4v) is 4.08. The average Bonchev–Trinajstić information content (AvgIpc) is 3.09. The highest BCUT2D eigenvalue weighted by atomic mass is 16.2. The number of hydrogen-bond donors (Lipinski definition) is 0. The molecule has 3 aromatic rings. The largest absolute Gasteiger partial charge is 0.368 e. The second kappa shape index (κ2) is 7.68. The first kappa shape index (κ1) is 19.0. The number of piperazine rings is 1. The second-order valence-electron chi connectivity index (χ2n) is 7.52. The van der Waals surface area contributed by atoms with Crippen LogP contribution in [0.5, 0.6) is 0 Å². The summed E-state index contributed by atoms with van der Waals surface area (Å²) in [6, 6.07) is 17.4. The van der Waals surface area contributed by atoms with Crippen LogP contribution in [0.3, 0.4) is 0 Å². The van der Waals surface area contributed by atoms with Crippen LogP contribution in [0.2, 0.25) is 0 Å². The van der Waals surface area contributed by atoms with Crippen molar-refractivity contribution in [2.24, 2.45) is 0 Å². The number of pyridine rings is 1. The molecule has 1 saturated heterocycles. The molecule has 0 saturated carbocycles. The fourth-order valence-electron chi connectivity index (χ4n) is 4.08. The van der Waals surface area contributed by atoms with Gasteiger partial charge in [-0.05, 0) is 48.5 Å². The van der Waals surface area contributed by atoms with Crippen molar-refractivity contribution in [1.82, 2.24) is 9.88 Å². The minimum Gasteiger partial charge on any atom is -0.368 e. The number of aromatic nitrogens is 1. The smallest absolute Gasteiger partial charge is 0.266 e. The van der Waals surface area contributed by atoms with E-state index >= 15 is 0 Å². The van der Waals surface area contributed by atoms with Crippen molar-refractivity contribution in [3.8, 4) is 0 Å². The third-order valence-electron chi connectivity index (χ3n) is 5.76. The Morgan fingerprint density at radius 2 is 1.29 bits per heavy atom. The summed E-state index contributed by atoms with van der Waals surface area (Å²) < 4.78 is 0. The topological polar surface area (TPSA) is 73.8 Å². The zero-order valence-corrected chi connectivity index (χ0v) is 16.8. The highest BCUT2D eigenvalue weighted by Crippen LogP contribution is 2.28. The van der Waals surface area contributed by atoms with Crippen LogP contribution in [-0.4, -0.2) is 53.8 Å². The van der Waals surface area contributed by atoms with Gasteiger partial charge in [0.05, 0.1) is 16.8 Å². The molecule has 1 fully saturated rings. The number of hydrogen-bond acceptors (Lipinski definition) is 5. The number of rotatable bonds is 3. The van der Waals surface area contributed by atoms with E-state index in [0.717, 1.165) is 23.7 Å². The Kier molecular flexibility index (Phi) is 4.71. The van der Waals surface area contributed by atoms with Gasteiger partial charge in [0, 0.05) is 49.8 Å². The van der Waals surface area contributed by atoms with E-state index < -0.39 is 0 Å². The van der Waals surface area contributed by atoms with Gasteiger partial charge in [-0.25, -0.2) is 4.90 Å². The molecule has 5 rings (SSSR count). The molecule has 154 valence electrons. The lowest BCUT2D eigenvalue weighted by atomic mass is 10.1. The Balaban J connectivity index is 1.27. The molecular formula is C24H20N4O3. The molecule has 2 aliphatic rings. The minimum atomic E-state index is -0.341. The molecule has 0 atom stereocenters. The van der Waals surface area contributed by atoms with E-state index in [1.165, 1.54) is 0 Å². The van der Waals surface area contributed by atoms with Crippen LogP contribution < -0.4 is 9.80 Å². The molecule has 0 N–H and O–H groups in total. The molecule has 0 spiro atoms. The van der Waals surface area contributed by atoms with Gasteiger partial charge in [0.1, 0.15) is 0 Å². The molecule has 31 heavy (non-hydrogen) atoms. The van der Waals surface area contributed by atoms with Crippen LogP contribution in [0.1, 0.15) is 31.1 Å². The van der Waals surface area contributed by atoms with Crippen LogP contribution in [0.25, 0.3) is 0 Å². The molecule has 2 aliphatic heterocycles. The standard InChI is InChI=1S/C24H20N4O3/c29-22(27-15-13-26(14-16-27)18-9-11-25-12-10-18)17-5-7-19(8-6-17)28-23(30)20-3-1-2-4-21(20)24(28)31/h1-12H,13-16H2. The van der Waals surface area contributed by atoms with Crippen molar-refractivity contribution in [2.45, 2.75) is 0 Å². The molecule has 0 bridgehead atoms. The Morgan fingerprint density at radius 1 is 0.710 bits per heavy atom. The normalized spacial score (nSPS) is 15.9. The third kappa shape index (κ3) is 3.34. The minimum absolute atomic E-state index is 0.0525. The maximum Gasteiger partial charge on any atom is 0.266 e. The van der Waals surface area contributed by atoms with Crippen LogP contribution >= 0.6 is 0 Å². The van der Waals surface area contributed by atoms with E-state index in [1.54, 1.807) is 60.9 Å². The van der Waals surface area contributed by atoms with Gasteiger partial charge in [0.25, 0.3) is 17.7 Å². The van der Waals surface area contributed by atoms with Crippen LogP contribution in [-0.2, 0) is 0 Å². The first-order chi connectivity index (χ1) is 15.1. The molecule has 7 nitrogen and oxygen atoms in total. The van der Waals surface area contributed by atoms with E-state index in [9.17, 15) is 14.4 Å². The summed E-state index contributed by atoms with van der Waals surface area (Å²) in [5.41, 5.74) is 2.91. The quantitative estimate of drug-likeness (QED) is 0.619. The Bertz CT molecular complexity index is 1120. The maximum atomic E-state index is 12.9. The van der Waals surface area contributed by atoms with Gasteiger partial charge in [-0.3, -0.25) is 19.4 Å². The number of imide groups is 1. The lowest BCUT2D eigenvalue weighted by molar-refractivity contribution is 0.0746. The summed E-state index contributed by atoms with van der Waals surface area (Å²) in [4.78, 5) is 47.5. The molecule has 0 radical (unpaired) electrons. The summed E-state index contributed by atoms with van der Waals surface area (Å²) >= 11 is 0. The predicted molar refractivity (Wildman–Crippen MR) is 116 cm³/mol. The molecule has 3 amide bonds. The van der Waals surface area contributed by atoms with E-state index in [-0.39, 0.29) is 17.7 Å². The summed E-state index contributed by atoms with van der Waals surface area (Å²) in [6.07, 6.45) is 3.53. The second-order valence-corrected chi connectivity index (χ2v) is 7.52. The number of benzene rings is 2. The monoisotopic (exact) mass is 412 g/mol. The summed E-state index contributed by atoms with van der Waals surface area (Å²) in [5.74, 6) is -0.734. The van der Waals surface area contributed by atoms with Crippen molar-refractivity contribution in [3.63, 3.8) is 0 Å². The molecule has 2 aromatic carbocycles. The van der Waals surface area contributed by atoms with E-state index in [2.05, 4.69) is 9.88 Å². The van der Waals surface area contributed by atoms with E-state index in [1.807, 2.05) is 17.0 Å². The van der Waals surface area contributed by atoms with Crippen LogP contribution in [0.4, 0.5) is 11.4 Å². The van der Waals surface area contributed by atoms with Gasteiger partial charge in [0.2, 0.25) is 0 Å². The highest BCUT2D eigenvalue weighted by molar-refractivity contribution is 6.34. The van der Waals surface area contributed by atoms with E-state index in [4.69, 9.17) is 0 Å². The third-order valence-corrected chi connectivity index (χ3v) is 5.76. The van der Waals surface area contributed by atoms with Gasteiger partial charge in [0.15, 0.2) is 0 Å². The van der Waals surface area contributed by atoms with Crippen molar-refractivity contribution >= 4 is 29.1 Å². The van der Waals surface area contributed by atoms with Crippen molar-refractivity contribution < 1.29 is 14.4 Å². The lowest BCUT2D eigenvalue weighted by Gasteiger charge is -2.36. The Hall–Kier alpha value is -4.00. The van der Waals surface area contributed by atoms with Gasteiger partial charge >= 0.3 is 0 Å². The highest BCUT2D eigenvalue weighted by Gasteiger charge is 2.36. The number of carbonyl (C=O) groups is 3. The van der Waals surface area contributed by atoms with Crippen molar-refractivity contribution in [2.75, 3.05) is 36.0 Å². The Morgan fingerprint density at radius 3 is 1.87 bits per heavy atom. The molecule has 1 aromatic heterocycles. The lowest BCUT2D eigenvalue weighted by Crippen LogP contribution is -2.48. The summed E-state index contributed by atoms with van der Waals surface area (Å²) in [6.45, 7) is 2.76. The molecule has 0 aliphatic carbocycles. The maximum absolute atomic E-state index is 12.9. The molecule has 3 heterocycles. The van der Waals surface area contributed by atoms with Gasteiger partial charge < -0.3 is 9.80 Å². The first-order valence-electron chi connectivity index (χ1n) is 10.2. The number of nitrogens with zero attached hydrogens (tertiary/aromatic N) is 4. The fraction of sp³-hybridized carbons (Fsp3) is 0.167. The zero-order valence-electron chi connectivity index (χ0n) is 16.8. The van der Waals surface area contributed by atoms with Crippen LogP contribution in [0, 0.1) is 0 Å². The SMILES string of the molecule is O=C(c1ccc(N2C(=O)c3ccccc3C2=O)cc1)N1CCN(c2ccncc2)CC1. The van der Waals surface area contributed by atoms with Gasteiger partial charge in [-0.2, -0.15) is 0 Å². The van der Waals surface area contributed by atoms with Gasteiger partial charge in [-0.1, -0.05) is 12.1 Å². The number of amides is 3. The molecular weight excluding hydrogens is 392 g/mol. The summed E-state index contributed by atoms with van der Waals surface area (Å²) in [7, 11) is 0. The van der Waals surface area contributed by atoms with Crippen LogP contribution in [0.15, 0.2) is 73.1 Å². The number of anilines is 2. The van der Waals surface area contributed by atoms with Crippen molar-refractivity contribution in [1.29, 1.82) is 0 Å². The zero-order chi connectivity index (χ0) is 21.4.